The van der Waals surface area contributed by atoms with E-state index < -0.39 is 0 Å². The van der Waals surface area contributed by atoms with Gasteiger partial charge >= 0.3 is 0 Å². The van der Waals surface area contributed by atoms with Crippen LogP contribution in [-0.4, -0.2) is 26.6 Å². The van der Waals surface area contributed by atoms with E-state index in [1.807, 2.05) is 26.1 Å². The smallest absolute Gasteiger partial charge is 0.118 e. The number of rotatable bonds is 5. The molecule has 0 amide bonds. The maximum absolute atomic E-state index is 9.61. The first-order valence-corrected chi connectivity index (χ1v) is 6.26. The van der Waals surface area contributed by atoms with Crippen LogP contribution in [0.4, 0.5) is 5.69 Å². The second kappa shape index (κ2) is 5.75. The highest BCUT2D eigenvalue weighted by Crippen LogP contribution is 2.25. The van der Waals surface area contributed by atoms with Crippen molar-refractivity contribution < 1.29 is 10.2 Å². The maximum atomic E-state index is 9.61. The molecule has 5 nitrogen and oxygen atoms in total. The molecule has 0 aliphatic rings. The third-order valence-electron chi connectivity index (χ3n) is 3.04. The molecule has 0 fully saturated rings. The summed E-state index contributed by atoms with van der Waals surface area (Å²) in [5.74, 6) is 0.318. The first kappa shape index (κ1) is 13.4. The highest BCUT2D eigenvalue weighted by atomic mass is 16.3. The summed E-state index contributed by atoms with van der Waals surface area (Å²) < 4.78 is 1.71. The highest BCUT2D eigenvalue weighted by Gasteiger charge is 2.04. The van der Waals surface area contributed by atoms with Gasteiger partial charge in [0.2, 0.25) is 0 Å². The first-order chi connectivity index (χ1) is 9.10. The highest BCUT2D eigenvalue weighted by molar-refractivity contribution is 5.56. The van der Waals surface area contributed by atoms with Gasteiger partial charge in [0, 0.05) is 24.0 Å². The van der Waals surface area contributed by atoms with Crippen LogP contribution < -0.4 is 5.32 Å². The number of aromatic hydroxyl groups is 1. The molecule has 0 radical (unpaired) electrons. The van der Waals surface area contributed by atoms with Crippen LogP contribution in [0.1, 0.15) is 16.7 Å². The fraction of sp³-hybridized carbons (Fsp3) is 0.357. The molecule has 0 saturated carbocycles. The zero-order valence-corrected chi connectivity index (χ0v) is 11.2. The van der Waals surface area contributed by atoms with Crippen molar-refractivity contribution in [1.82, 2.24) is 9.78 Å². The number of aliphatic hydroxyl groups is 1. The van der Waals surface area contributed by atoms with E-state index in [1.54, 1.807) is 16.9 Å². The molecule has 0 spiro atoms. The van der Waals surface area contributed by atoms with Gasteiger partial charge in [-0.05, 0) is 37.1 Å². The lowest BCUT2D eigenvalue weighted by molar-refractivity contribution is 0.269. The number of nitrogens with one attached hydrogen (secondary N) is 1. The third kappa shape index (κ3) is 3.26. The molecule has 3 N–H and O–H groups in total. The summed E-state index contributed by atoms with van der Waals surface area (Å²) in [5.41, 5.74) is 3.92. The number of hydrogen-bond donors (Lipinski definition) is 3. The Labute approximate surface area is 112 Å². The lowest BCUT2D eigenvalue weighted by Gasteiger charge is -2.10. The van der Waals surface area contributed by atoms with Crippen molar-refractivity contribution >= 4 is 5.69 Å². The average molecular weight is 261 g/mol. The molecule has 2 aromatic rings. The number of anilines is 1. The topological polar surface area (TPSA) is 70.3 Å². The standard InChI is InChI=1S/C14H19N3O2/c1-10-6-14(19)11(2)5-13(10)15-7-12-8-16-17(9-12)3-4-18/h5-6,8-9,15,18-19H,3-4,7H2,1-2H3. The Morgan fingerprint density at radius 2 is 2.05 bits per heavy atom. The Bertz CT molecular complexity index is 564. The van der Waals surface area contributed by atoms with E-state index in [2.05, 4.69) is 10.4 Å². The fourth-order valence-corrected chi connectivity index (χ4v) is 1.91. The molecule has 0 aliphatic heterocycles. The normalized spacial score (nSPS) is 10.7. The average Bonchev–Trinajstić information content (AvgIpc) is 2.80. The number of hydrogen-bond acceptors (Lipinski definition) is 4. The maximum Gasteiger partial charge on any atom is 0.118 e. The molecule has 0 saturated heterocycles. The molecule has 1 aromatic carbocycles. The van der Waals surface area contributed by atoms with Gasteiger partial charge in [0.25, 0.3) is 0 Å². The molecular formula is C14H19N3O2. The van der Waals surface area contributed by atoms with Gasteiger partial charge in [0.05, 0.1) is 19.3 Å². The van der Waals surface area contributed by atoms with Gasteiger partial charge in [-0.1, -0.05) is 0 Å². The molecule has 1 heterocycles. The summed E-state index contributed by atoms with van der Waals surface area (Å²) in [4.78, 5) is 0. The van der Waals surface area contributed by atoms with Crippen LogP contribution in [0.5, 0.6) is 5.75 Å². The minimum Gasteiger partial charge on any atom is -0.508 e. The van der Waals surface area contributed by atoms with Gasteiger partial charge in [-0.2, -0.15) is 5.10 Å². The molecular weight excluding hydrogens is 242 g/mol. The summed E-state index contributed by atoms with van der Waals surface area (Å²) >= 11 is 0. The molecule has 102 valence electrons. The van der Waals surface area contributed by atoms with E-state index >= 15 is 0 Å². The number of benzene rings is 1. The van der Waals surface area contributed by atoms with Crippen molar-refractivity contribution in [1.29, 1.82) is 0 Å². The number of aryl methyl sites for hydroxylation is 2. The predicted octanol–water partition coefficient (Wildman–Crippen LogP) is 1.81. The number of phenols is 1. The van der Waals surface area contributed by atoms with Crippen LogP contribution in [0.2, 0.25) is 0 Å². The minimum atomic E-state index is 0.0881. The molecule has 19 heavy (non-hydrogen) atoms. The van der Waals surface area contributed by atoms with Crippen LogP contribution in [0.25, 0.3) is 0 Å². The van der Waals surface area contributed by atoms with Crippen LogP contribution in [-0.2, 0) is 13.1 Å². The second-order valence-corrected chi connectivity index (χ2v) is 4.64. The quantitative estimate of drug-likeness (QED) is 0.718. The van der Waals surface area contributed by atoms with Crippen molar-refractivity contribution in [3.05, 3.63) is 41.2 Å². The summed E-state index contributed by atoms with van der Waals surface area (Å²) in [6.07, 6.45) is 3.69. The number of aliphatic hydroxyl groups excluding tert-OH is 1. The minimum absolute atomic E-state index is 0.0881. The molecule has 0 bridgehead atoms. The number of phenolic OH excluding ortho intramolecular Hbond substituents is 1. The Balaban J connectivity index is 2.03. The SMILES string of the molecule is Cc1cc(NCc2cnn(CCO)c2)c(C)cc1O. The van der Waals surface area contributed by atoms with Gasteiger partial charge in [0.1, 0.15) is 5.75 Å². The molecule has 5 heteroatoms. The van der Waals surface area contributed by atoms with Gasteiger partial charge in [-0.25, -0.2) is 0 Å². The van der Waals surface area contributed by atoms with Gasteiger partial charge in [-0.15, -0.1) is 0 Å². The Morgan fingerprint density at radius 3 is 2.79 bits per heavy atom. The Hall–Kier alpha value is -2.01. The van der Waals surface area contributed by atoms with Crippen molar-refractivity contribution in [3.63, 3.8) is 0 Å². The second-order valence-electron chi connectivity index (χ2n) is 4.64. The monoisotopic (exact) mass is 261 g/mol. The molecule has 2 rings (SSSR count). The van der Waals surface area contributed by atoms with E-state index in [4.69, 9.17) is 5.11 Å². The molecule has 0 aliphatic carbocycles. The van der Waals surface area contributed by atoms with E-state index in [9.17, 15) is 5.11 Å². The lowest BCUT2D eigenvalue weighted by Crippen LogP contribution is -2.03. The molecule has 0 unspecified atom stereocenters. The van der Waals surface area contributed by atoms with E-state index in [-0.39, 0.29) is 6.61 Å². The van der Waals surface area contributed by atoms with Crippen LogP contribution in [0, 0.1) is 13.8 Å². The van der Waals surface area contributed by atoms with E-state index in [0.29, 0.717) is 18.8 Å². The van der Waals surface area contributed by atoms with E-state index in [1.165, 1.54) is 0 Å². The Kier molecular flexibility index (Phi) is 4.06. The van der Waals surface area contributed by atoms with Gasteiger partial charge in [0.15, 0.2) is 0 Å². The zero-order chi connectivity index (χ0) is 13.8. The van der Waals surface area contributed by atoms with Gasteiger partial charge in [-0.3, -0.25) is 4.68 Å². The largest absolute Gasteiger partial charge is 0.508 e. The van der Waals surface area contributed by atoms with Crippen molar-refractivity contribution in [2.75, 3.05) is 11.9 Å². The Morgan fingerprint density at radius 1 is 1.26 bits per heavy atom. The van der Waals surface area contributed by atoms with Crippen LogP contribution in [0.3, 0.4) is 0 Å². The first-order valence-electron chi connectivity index (χ1n) is 6.26. The third-order valence-corrected chi connectivity index (χ3v) is 3.04. The van der Waals surface area contributed by atoms with Crippen LogP contribution >= 0.6 is 0 Å². The molecule has 1 aromatic heterocycles. The van der Waals surface area contributed by atoms with E-state index in [0.717, 1.165) is 22.4 Å². The van der Waals surface area contributed by atoms with Crippen molar-refractivity contribution in [2.24, 2.45) is 0 Å². The predicted molar refractivity (Wildman–Crippen MR) is 74.2 cm³/mol. The summed E-state index contributed by atoms with van der Waals surface area (Å²) in [6, 6.07) is 3.69. The fourth-order valence-electron chi connectivity index (χ4n) is 1.91. The van der Waals surface area contributed by atoms with Crippen LogP contribution in [0.15, 0.2) is 24.5 Å². The summed E-state index contributed by atoms with van der Waals surface area (Å²) in [7, 11) is 0. The zero-order valence-electron chi connectivity index (χ0n) is 11.2. The number of aromatic nitrogens is 2. The number of nitrogens with zero attached hydrogens (tertiary/aromatic N) is 2. The van der Waals surface area contributed by atoms with Gasteiger partial charge < -0.3 is 15.5 Å². The lowest BCUT2D eigenvalue weighted by atomic mass is 10.1. The summed E-state index contributed by atoms with van der Waals surface area (Å²) in [6.45, 7) is 5.09. The summed E-state index contributed by atoms with van der Waals surface area (Å²) in [5, 5.41) is 25.9. The van der Waals surface area contributed by atoms with Crippen molar-refractivity contribution in [2.45, 2.75) is 26.9 Å². The molecule has 0 atom stereocenters. The van der Waals surface area contributed by atoms with Crippen molar-refractivity contribution in [3.8, 4) is 5.75 Å².